The molecule has 1 unspecified atom stereocenters. The highest BCUT2D eigenvalue weighted by atomic mass is 35.5. The molecule has 2 aromatic carbocycles. The van der Waals surface area contributed by atoms with Crippen LogP contribution in [0.1, 0.15) is 47.2 Å². The fourth-order valence-electron chi connectivity index (χ4n) is 6.18. The van der Waals surface area contributed by atoms with Crippen LogP contribution in [0.25, 0.3) is 0 Å². The van der Waals surface area contributed by atoms with Gasteiger partial charge in [-0.15, -0.1) is 0 Å². The number of nitrogens with one attached hydrogen (secondary N) is 1. The van der Waals surface area contributed by atoms with E-state index in [0.717, 1.165) is 54.2 Å². The van der Waals surface area contributed by atoms with Crippen LogP contribution >= 0.6 is 11.6 Å². The van der Waals surface area contributed by atoms with Crippen LogP contribution in [0.3, 0.4) is 0 Å². The maximum Gasteiger partial charge on any atom is 0.255 e. The molecule has 4 amide bonds. The first-order valence-corrected chi connectivity index (χ1v) is 13.4. The van der Waals surface area contributed by atoms with Crippen LogP contribution in [0.2, 0.25) is 5.02 Å². The Labute approximate surface area is 225 Å². The second-order valence-electron chi connectivity index (χ2n) is 10.5. The fraction of sp³-hybridized carbons (Fsp3) is 0.429. The summed E-state index contributed by atoms with van der Waals surface area (Å²) in [4.78, 5) is 55.2. The molecule has 2 fully saturated rings. The van der Waals surface area contributed by atoms with Crippen molar-refractivity contribution in [3.05, 3.63) is 58.1 Å². The Morgan fingerprint density at radius 2 is 1.87 bits per heavy atom. The minimum Gasteiger partial charge on any atom is -0.492 e. The zero-order valence-corrected chi connectivity index (χ0v) is 21.9. The number of benzene rings is 2. The Bertz CT molecular complexity index is 1350. The Kier molecular flexibility index (Phi) is 6.15. The second-order valence-corrected chi connectivity index (χ2v) is 11.0. The molecule has 4 aliphatic rings. The summed E-state index contributed by atoms with van der Waals surface area (Å²) in [6.07, 6.45) is 2.06. The molecule has 1 atom stereocenters. The average Bonchev–Trinajstić information content (AvgIpc) is 3.37. The summed E-state index contributed by atoms with van der Waals surface area (Å²) in [5, 5.41) is 3.66. The maximum absolute atomic E-state index is 13.0. The molecule has 0 saturated carbocycles. The molecule has 0 bridgehead atoms. The lowest BCUT2D eigenvalue weighted by Crippen LogP contribution is -2.53. The van der Waals surface area contributed by atoms with Crippen LogP contribution < -0.4 is 10.1 Å². The Morgan fingerprint density at radius 3 is 2.66 bits per heavy atom. The van der Waals surface area contributed by atoms with Gasteiger partial charge in [-0.2, -0.15) is 0 Å². The molecule has 10 heteroatoms. The van der Waals surface area contributed by atoms with E-state index in [2.05, 4.69) is 10.2 Å². The summed E-state index contributed by atoms with van der Waals surface area (Å²) in [6, 6.07) is 10.4. The number of hydrogen-bond acceptors (Lipinski definition) is 6. The molecule has 38 heavy (non-hydrogen) atoms. The number of imide groups is 1. The number of carbonyl (C=O) groups is 4. The summed E-state index contributed by atoms with van der Waals surface area (Å²) in [7, 11) is 1.47. The third-order valence-corrected chi connectivity index (χ3v) is 8.71. The number of piperidine rings is 2. The normalized spacial score (nSPS) is 22.6. The molecule has 1 N–H and O–H groups in total. The predicted molar refractivity (Wildman–Crippen MR) is 140 cm³/mol. The lowest BCUT2D eigenvalue weighted by Gasteiger charge is -2.38. The van der Waals surface area contributed by atoms with Gasteiger partial charge in [-0.1, -0.05) is 11.6 Å². The van der Waals surface area contributed by atoms with E-state index < -0.39 is 11.5 Å². The average molecular weight is 537 g/mol. The van der Waals surface area contributed by atoms with Gasteiger partial charge in [0.1, 0.15) is 18.4 Å². The molecule has 1 spiro atoms. The minimum absolute atomic E-state index is 0.0561. The summed E-state index contributed by atoms with van der Waals surface area (Å²) >= 11 is 6.22. The molecule has 2 saturated heterocycles. The number of hydrogen-bond donors (Lipinski definition) is 1. The van der Waals surface area contributed by atoms with Crippen molar-refractivity contribution in [3.63, 3.8) is 0 Å². The molecule has 0 aromatic heterocycles. The van der Waals surface area contributed by atoms with E-state index in [0.29, 0.717) is 35.9 Å². The number of nitrogens with zero attached hydrogens (tertiary/aromatic N) is 3. The van der Waals surface area contributed by atoms with Crippen LogP contribution in [0, 0.1) is 0 Å². The molecule has 2 aromatic rings. The smallest absolute Gasteiger partial charge is 0.255 e. The van der Waals surface area contributed by atoms with Gasteiger partial charge >= 0.3 is 0 Å². The molecule has 0 radical (unpaired) electrons. The standard InChI is InChI=1S/C28H29ClN4O5/c1-31-24(34)7-6-23(26(31)36)33-16-17-14-19(3-4-20(17)25(33)35)38-13-12-32-10-8-28(9-11-32)21-15-18(29)2-5-22(21)30-27(28)37/h2-5,14-15,23H,6-13,16H2,1H3,(H,30,37). The number of rotatable bonds is 5. The molecule has 4 heterocycles. The van der Waals surface area contributed by atoms with Crippen molar-refractivity contribution in [2.45, 2.75) is 43.7 Å². The molecule has 6 rings (SSSR count). The number of carbonyl (C=O) groups excluding carboxylic acids is 4. The van der Waals surface area contributed by atoms with E-state index in [4.69, 9.17) is 16.3 Å². The largest absolute Gasteiger partial charge is 0.492 e. The summed E-state index contributed by atoms with van der Waals surface area (Å²) in [5.41, 5.74) is 2.74. The first kappa shape index (κ1) is 24.9. The van der Waals surface area contributed by atoms with Crippen molar-refractivity contribution in [2.24, 2.45) is 0 Å². The number of likely N-dealkylation sites (tertiary alicyclic amines) is 2. The quantitative estimate of drug-likeness (QED) is 0.590. The van der Waals surface area contributed by atoms with Crippen LogP contribution in [0.15, 0.2) is 36.4 Å². The van der Waals surface area contributed by atoms with Gasteiger partial charge < -0.3 is 15.0 Å². The van der Waals surface area contributed by atoms with E-state index in [-0.39, 0.29) is 30.0 Å². The van der Waals surface area contributed by atoms with Gasteiger partial charge in [-0.3, -0.25) is 29.0 Å². The van der Waals surface area contributed by atoms with E-state index in [9.17, 15) is 19.2 Å². The monoisotopic (exact) mass is 536 g/mol. The Morgan fingerprint density at radius 1 is 1.08 bits per heavy atom. The van der Waals surface area contributed by atoms with Gasteiger partial charge in [-0.25, -0.2) is 0 Å². The van der Waals surface area contributed by atoms with Gasteiger partial charge in [0.05, 0.1) is 5.41 Å². The van der Waals surface area contributed by atoms with Gasteiger partial charge in [0.15, 0.2) is 0 Å². The predicted octanol–water partition coefficient (Wildman–Crippen LogP) is 2.81. The van der Waals surface area contributed by atoms with E-state index in [1.54, 1.807) is 23.1 Å². The van der Waals surface area contributed by atoms with E-state index >= 15 is 0 Å². The third kappa shape index (κ3) is 4.05. The highest BCUT2D eigenvalue weighted by Crippen LogP contribution is 2.45. The minimum atomic E-state index is -0.616. The summed E-state index contributed by atoms with van der Waals surface area (Å²) in [5.74, 6) is 0.00159. The van der Waals surface area contributed by atoms with Crippen molar-refractivity contribution < 1.29 is 23.9 Å². The van der Waals surface area contributed by atoms with Crippen molar-refractivity contribution in [1.82, 2.24) is 14.7 Å². The lowest BCUT2D eigenvalue weighted by molar-refractivity contribution is -0.150. The first-order valence-electron chi connectivity index (χ1n) is 13.0. The number of amides is 4. The van der Waals surface area contributed by atoms with Crippen molar-refractivity contribution in [3.8, 4) is 5.75 Å². The van der Waals surface area contributed by atoms with Crippen LogP contribution in [-0.4, -0.2) is 77.7 Å². The summed E-state index contributed by atoms with van der Waals surface area (Å²) in [6.45, 7) is 3.09. The first-order chi connectivity index (χ1) is 18.3. The van der Waals surface area contributed by atoms with Crippen molar-refractivity contribution >= 4 is 40.9 Å². The van der Waals surface area contributed by atoms with E-state index in [1.807, 2.05) is 18.2 Å². The van der Waals surface area contributed by atoms with Crippen molar-refractivity contribution in [1.29, 1.82) is 0 Å². The zero-order valence-electron chi connectivity index (χ0n) is 21.2. The molecule has 9 nitrogen and oxygen atoms in total. The number of fused-ring (bicyclic) bond motifs is 3. The van der Waals surface area contributed by atoms with Gasteiger partial charge in [0.25, 0.3) is 11.8 Å². The highest BCUT2D eigenvalue weighted by molar-refractivity contribution is 6.31. The van der Waals surface area contributed by atoms with Crippen molar-refractivity contribution in [2.75, 3.05) is 38.6 Å². The lowest BCUT2D eigenvalue weighted by atomic mass is 9.73. The number of ether oxygens (including phenoxy) is 1. The third-order valence-electron chi connectivity index (χ3n) is 8.47. The summed E-state index contributed by atoms with van der Waals surface area (Å²) < 4.78 is 6.02. The molecular weight excluding hydrogens is 508 g/mol. The van der Waals surface area contributed by atoms with Crippen LogP contribution in [0.5, 0.6) is 5.75 Å². The van der Waals surface area contributed by atoms with Crippen LogP contribution in [0.4, 0.5) is 5.69 Å². The van der Waals surface area contributed by atoms with E-state index in [1.165, 1.54) is 7.05 Å². The SMILES string of the molecule is CN1C(=O)CCC(N2Cc3cc(OCCN4CCC5(CC4)C(=O)Nc4ccc(Cl)cc45)ccc3C2=O)C1=O. The number of likely N-dealkylation sites (N-methyl/N-ethyl adjacent to an activating group) is 1. The molecule has 0 aliphatic carbocycles. The van der Waals surface area contributed by atoms with Crippen LogP contribution in [-0.2, 0) is 26.3 Å². The number of halogens is 1. The molecule has 4 aliphatic heterocycles. The maximum atomic E-state index is 13.0. The Hall–Kier alpha value is -3.43. The number of anilines is 1. The molecule has 198 valence electrons. The van der Waals surface area contributed by atoms with Gasteiger partial charge in [0, 0.05) is 42.8 Å². The topological polar surface area (TPSA) is 99.3 Å². The molecular formula is C28H29ClN4O5. The van der Waals surface area contributed by atoms with Gasteiger partial charge in [0.2, 0.25) is 11.8 Å². The zero-order chi connectivity index (χ0) is 26.6. The fourth-order valence-corrected chi connectivity index (χ4v) is 6.35. The second kappa shape index (κ2) is 9.39. The Balaban J connectivity index is 1.04. The van der Waals surface area contributed by atoms with Gasteiger partial charge in [-0.05, 0) is 79.9 Å². The highest BCUT2D eigenvalue weighted by Gasteiger charge is 2.48.